The molecule has 1 aromatic carbocycles. The predicted octanol–water partition coefficient (Wildman–Crippen LogP) is 2.46. The largest absolute Gasteiger partial charge is 0.544 e. The topological polar surface area (TPSA) is 61.5 Å². The summed E-state index contributed by atoms with van der Waals surface area (Å²) in [5.74, 6) is 0.549. The van der Waals surface area contributed by atoms with Crippen molar-refractivity contribution in [2.24, 2.45) is 5.73 Å². The van der Waals surface area contributed by atoms with E-state index in [1.807, 2.05) is 24.3 Å². The number of hydrogen-bond donors (Lipinski definition) is 1. The predicted molar refractivity (Wildman–Crippen MR) is 74.0 cm³/mol. The molecule has 4 nitrogen and oxygen atoms in total. The van der Waals surface area contributed by atoms with Gasteiger partial charge in [0.1, 0.15) is 5.75 Å². The zero-order chi connectivity index (χ0) is 13.8. The number of esters is 1. The highest BCUT2D eigenvalue weighted by Gasteiger charge is 2.17. The molecule has 1 atom stereocenters. The molecule has 0 aromatic heterocycles. The number of rotatable bonds is 5. The normalized spacial score (nSPS) is 12.9. The van der Waals surface area contributed by atoms with Crippen LogP contribution in [0.2, 0.25) is 19.6 Å². The van der Waals surface area contributed by atoms with E-state index in [1.54, 1.807) is 0 Å². The van der Waals surface area contributed by atoms with Crippen molar-refractivity contribution in [3.8, 4) is 5.75 Å². The van der Waals surface area contributed by atoms with Crippen LogP contribution >= 0.6 is 0 Å². The second-order valence-electron chi connectivity index (χ2n) is 5.17. The number of ether oxygens (including phenoxy) is 1. The highest BCUT2D eigenvalue weighted by Crippen LogP contribution is 2.21. The first kappa shape index (κ1) is 14.7. The van der Waals surface area contributed by atoms with Crippen LogP contribution in [0.1, 0.15) is 18.0 Å². The van der Waals surface area contributed by atoms with Gasteiger partial charge in [0.2, 0.25) is 8.32 Å². The molecule has 0 aliphatic heterocycles. The lowest BCUT2D eigenvalue weighted by Crippen LogP contribution is -2.29. The molecule has 2 N–H and O–H groups in total. The molecule has 18 heavy (non-hydrogen) atoms. The lowest BCUT2D eigenvalue weighted by molar-refractivity contribution is -0.141. The third-order valence-corrected chi connectivity index (χ3v) is 3.19. The summed E-state index contributed by atoms with van der Waals surface area (Å²) in [7, 11) is -0.219. The van der Waals surface area contributed by atoms with Gasteiger partial charge in [0, 0.05) is 6.04 Å². The molecule has 0 aliphatic rings. The summed E-state index contributed by atoms with van der Waals surface area (Å²) in [4.78, 5) is 11.1. The van der Waals surface area contributed by atoms with Crippen molar-refractivity contribution < 1.29 is 14.0 Å². The SMILES string of the molecule is COC(=O)C[C@@H](N)c1ccc(O[Si](C)(C)C)cc1. The molecule has 0 saturated carbocycles. The lowest BCUT2D eigenvalue weighted by Gasteiger charge is -2.19. The summed E-state index contributed by atoms with van der Waals surface area (Å²) in [6.07, 6.45) is 0.185. The van der Waals surface area contributed by atoms with Gasteiger partial charge in [0.15, 0.2) is 0 Å². The summed E-state index contributed by atoms with van der Waals surface area (Å²) in [5.41, 5.74) is 6.82. The van der Waals surface area contributed by atoms with Gasteiger partial charge in [0.25, 0.3) is 0 Å². The van der Waals surface area contributed by atoms with Crippen LogP contribution in [0.5, 0.6) is 5.75 Å². The summed E-state index contributed by atoms with van der Waals surface area (Å²) < 4.78 is 10.4. The van der Waals surface area contributed by atoms with Crippen LogP contribution in [0.4, 0.5) is 0 Å². The first-order valence-corrected chi connectivity index (χ1v) is 9.34. The monoisotopic (exact) mass is 267 g/mol. The van der Waals surface area contributed by atoms with Crippen LogP contribution < -0.4 is 10.2 Å². The number of benzene rings is 1. The summed E-state index contributed by atoms with van der Waals surface area (Å²) >= 11 is 0. The van der Waals surface area contributed by atoms with E-state index < -0.39 is 8.32 Å². The number of methoxy groups -OCH3 is 1. The molecule has 1 rings (SSSR count). The van der Waals surface area contributed by atoms with Crippen LogP contribution in [0, 0.1) is 0 Å². The Balaban J connectivity index is 2.67. The second-order valence-corrected chi connectivity index (χ2v) is 9.60. The van der Waals surface area contributed by atoms with Crippen LogP contribution in [0.25, 0.3) is 0 Å². The Morgan fingerprint density at radius 1 is 1.28 bits per heavy atom. The Kier molecular flexibility index (Phi) is 4.92. The standard InChI is InChI=1S/C13H21NO3Si/c1-16-13(15)9-12(14)10-5-7-11(8-6-10)17-18(2,3)4/h5-8,12H,9,14H2,1-4H3/t12-/m1/s1. The minimum absolute atomic E-state index is 0.185. The molecule has 0 amide bonds. The molecule has 0 saturated heterocycles. The summed E-state index contributed by atoms with van der Waals surface area (Å²) in [5, 5.41) is 0. The Labute approximate surface area is 109 Å². The lowest BCUT2D eigenvalue weighted by atomic mass is 10.1. The molecule has 0 spiro atoms. The van der Waals surface area contributed by atoms with E-state index in [-0.39, 0.29) is 18.4 Å². The van der Waals surface area contributed by atoms with Crippen LogP contribution in [-0.4, -0.2) is 21.4 Å². The molecule has 1 aromatic rings. The van der Waals surface area contributed by atoms with Crippen molar-refractivity contribution in [3.63, 3.8) is 0 Å². The van der Waals surface area contributed by atoms with Gasteiger partial charge in [-0.1, -0.05) is 12.1 Å². The maximum absolute atomic E-state index is 11.1. The van der Waals surface area contributed by atoms with E-state index in [4.69, 9.17) is 10.2 Å². The highest BCUT2D eigenvalue weighted by atomic mass is 28.4. The van der Waals surface area contributed by atoms with Crippen LogP contribution in [0.3, 0.4) is 0 Å². The first-order valence-electron chi connectivity index (χ1n) is 5.93. The fourth-order valence-corrected chi connectivity index (χ4v) is 2.36. The van der Waals surface area contributed by atoms with E-state index in [0.29, 0.717) is 0 Å². The van der Waals surface area contributed by atoms with Gasteiger partial charge in [-0.15, -0.1) is 0 Å². The Bertz CT molecular complexity index is 398. The third-order valence-electron chi connectivity index (χ3n) is 2.35. The number of hydrogen-bond acceptors (Lipinski definition) is 4. The Morgan fingerprint density at radius 2 is 1.83 bits per heavy atom. The zero-order valence-corrected chi connectivity index (χ0v) is 12.4. The maximum Gasteiger partial charge on any atom is 0.307 e. The second kappa shape index (κ2) is 6.02. The maximum atomic E-state index is 11.1. The molecular formula is C13H21NO3Si. The van der Waals surface area contributed by atoms with Gasteiger partial charge in [-0.2, -0.15) is 0 Å². The van der Waals surface area contributed by atoms with E-state index in [9.17, 15) is 4.79 Å². The minimum atomic E-state index is -1.58. The summed E-state index contributed by atoms with van der Waals surface area (Å²) in [6.45, 7) is 6.39. The third kappa shape index (κ3) is 4.89. The van der Waals surface area contributed by atoms with Crippen molar-refractivity contribution in [1.82, 2.24) is 0 Å². The first-order chi connectivity index (χ1) is 8.31. The van der Waals surface area contributed by atoms with Gasteiger partial charge < -0.3 is 14.9 Å². The smallest absolute Gasteiger partial charge is 0.307 e. The van der Waals surface area contributed by atoms with Gasteiger partial charge in [-0.3, -0.25) is 4.79 Å². The van der Waals surface area contributed by atoms with Crippen LogP contribution in [0.15, 0.2) is 24.3 Å². The number of nitrogens with two attached hydrogens (primary N) is 1. The van der Waals surface area contributed by atoms with Gasteiger partial charge in [-0.05, 0) is 37.3 Å². The molecule has 100 valence electrons. The summed E-state index contributed by atoms with van der Waals surface area (Å²) in [6, 6.07) is 7.24. The fraction of sp³-hybridized carbons (Fsp3) is 0.462. The molecular weight excluding hydrogens is 246 g/mol. The molecule has 0 aliphatic carbocycles. The van der Waals surface area contributed by atoms with Gasteiger partial charge >= 0.3 is 5.97 Å². The van der Waals surface area contributed by atoms with E-state index >= 15 is 0 Å². The van der Waals surface area contributed by atoms with Crippen molar-refractivity contribution in [3.05, 3.63) is 29.8 Å². The van der Waals surface area contributed by atoms with Crippen molar-refractivity contribution >= 4 is 14.3 Å². The molecule has 0 bridgehead atoms. The fourth-order valence-electron chi connectivity index (χ4n) is 1.52. The highest BCUT2D eigenvalue weighted by molar-refractivity contribution is 6.70. The minimum Gasteiger partial charge on any atom is -0.544 e. The van der Waals surface area contributed by atoms with E-state index in [0.717, 1.165) is 11.3 Å². The molecule has 0 fully saturated rings. The number of carbonyl (C=O) groups excluding carboxylic acids is 1. The molecule has 0 radical (unpaired) electrons. The Hall–Kier alpha value is -1.33. The molecule has 5 heteroatoms. The molecule has 0 heterocycles. The van der Waals surface area contributed by atoms with E-state index in [1.165, 1.54) is 7.11 Å². The van der Waals surface area contributed by atoms with Gasteiger partial charge in [0.05, 0.1) is 13.5 Å². The van der Waals surface area contributed by atoms with Crippen molar-refractivity contribution in [2.75, 3.05) is 7.11 Å². The Morgan fingerprint density at radius 3 is 2.28 bits per heavy atom. The van der Waals surface area contributed by atoms with Crippen molar-refractivity contribution in [1.29, 1.82) is 0 Å². The van der Waals surface area contributed by atoms with Gasteiger partial charge in [-0.25, -0.2) is 0 Å². The van der Waals surface area contributed by atoms with E-state index in [2.05, 4.69) is 24.4 Å². The van der Waals surface area contributed by atoms with Crippen molar-refractivity contribution in [2.45, 2.75) is 32.1 Å². The zero-order valence-electron chi connectivity index (χ0n) is 11.4. The average Bonchev–Trinajstić information content (AvgIpc) is 2.27. The number of carbonyl (C=O) groups is 1. The average molecular weight is 267 g/mol. The van der Waals surface area contributed by atoms with Crippen LogP contribution in [-0.2, 0) is 9.53 Å². The quantitative estimate of drug-likeness (QED) is 0.657. The molecule has 0 unspecified atom stereocenters.